The average Bonchev–Trinajstić information content (AvgIpc) is 3.07. The Morgan fingerprint density at radius 1 is 1.30 bits per heavy atom. The minimum Gasteiger partial charge on any atom is -0.356 e. The molecule has 2 aromatic heterocycles. The highest BCUT2D eigenvalue weighted by molar-refractivity contribution is 7.15. The van der Waals surface area contributed by atoms with Crippen molar-refractivity contribution in [1.29, 1.82) is 0 Å². The fourth-order valence-corrected chi connectivity index (χ4v) is 3.16. The van der Waals surface area contributed by atoms with Crippen molar-refractivity contribution in [1.82, 2.24) is 15.4 Å². The van der Waals surface area contributed by atoms with Crippen LogP contribution in [0.5, 0.6) is 0 Å². The maximum atomic E-state index is 12.2. The summed E-state index contributed by atoms with van der Waals surface area (Å²) >= 11 is 1.39. The van der Waals surface area contributed by atoms with E-state index >= 15 is 0 Å². The summed E-state index contributed by atoms with van der Waals surface area (Å²) < 4.78 is 5.37. The highest BCUT2D eigenvalue weighted by Crippen LogP contribution is 2.25. The molecule has 0 bridgehead atoms. The van der Waals surface area contributed by atoms with Crippen LogP contribution >= 0.6 is 11.3 Å². The molecular weight excluding hydrogens is 312 g/mol. The molecule has 0 radical (unpaired) electrons. The number of nitrogens with zero attached hydrogens (tertiary/aromatic N) is 3. The lowest BCUT2D eigenvalue weighted by atomic mass is 10.1. The SMILES string of the molecule is Cc1cc(C)c2onc(CC(=O)Nc3nnc(C(C)C)s3)c2c1. The van der Waals surface area contributed by atoms with Gasteiger partial charge in [0.25, 0.3) is 0 Å². The molecule has 0 spiro atoms. The minimum atomic E-state index is -0.175. The second-order valence-corrected chi connectivity index (χ2v) is 6.92. The Morgan fingerprint density at radius 3 is 2.78 bits per heavy atom. The van der Waals surface area contributed by atoms with E-state index in [4.69, 9.17) is 4.52 Å². The van der Waals surface area contributed by atoms with E-state index < -0.39 is 0 Å². The Morgan fingerprint density at radius 2 is 2.09 bits per heavy atom. The number of anilines is 1. The molecule has 0 aliphatic rings. The quantitative estimate of drug-likeness (QED) is 0.790. The third-order valence-electron chi connectivity index (χ3n) is 3.49. The van der Waals surface area contributed by atoms with Gasteiger partial charge in [-0.05, 0) is 31.0 Å². The summed E-state index contributed by atoms with van der Waals surface area (Å²) in [6, 6.07) is 4.02. The molecule has 6 nitrogen and oxygen atoms in total. The molecule has 0 aliphatic carbocycles. The van der Waals surface area contributed by atoms with Crippen molar-refractivity contribution < 1.29 is 9.32 Å². The molecule has 7 heteroatoms. The number of hydrogen-bond donors (Lipinski definition) is 1. The predicted octanol–water partition coefficient (Wildman–Crippen LogP) is 3.60. The van der Waals surface area contributed by atoms with Gasteiger partial charge in [0.05, 0.1) is 6.42 Å². The molecule has 0 saturated heterocycles. The Kier molecular flexibility index (Phi) is 4.12. The van der Waals surface area contributed by atoms with Gasteiger partial charge in [-0.25, -0.2) is 0 Å². The minimum absolute atomic E-state index is 0.145. The number of fused-ring (bicyclic) bond motifs is 1. The number of carbonyl (C=O) groups is 1. The summed E-state index contributed by atoms with van der Waals surface area (Å²) in [5, 5.41) is 17.2. The van der Waals surface area contributed by atoms with Gasteiger partial charge < -0.3 is 9.84 Å². The number of amides is 1. The summed E-state index contributed by atoms with van der Waals surface area (Å²) in [5.41, 5.74) is 3.50. The maximum absolute atomic E-state index is 12.2. The summed E-state index contributed by atoms with van der Waals surface area (Å²) in [4.78, 5) is 12.2. The molecule has 0 fully saturated rings. The van der Waals surface area contributed by atoms with Gasteiger partial charge in [0.15, 0.2) is 5.58 Å². The average molecular weight is 330 g/mol. The first-order valence-electron chi connectivity index (χ1n) is 7.43. The second kappa shape index (κ2) is 6.08. The first-order chi connectivity index (χ1) is 10.9. The molecule has 1 N–H and O–H groups in total. The Balaban J connectivity index is 1.77. The van der Waals surface area contributed by atoms with Gasteiger partial charge in [0, 0.05) is 11.3 Å². The number of benzene rings is 1. The van der Waals surface area contributed by atoms with Crippen molar-refractivity contribution >= 4 is 33.3 Å². The van der Waals surface area contributed by atoms with Crippen molar-refractivity contribution in [2.45, 2.75) is 40.0 Å². The van der Waals surface area contributed by atoms with Crippen LogP contribution in [0.2, 0.25) is 0 Å². The topological polar surface area (TPSA) is 80.9 Å². The van der Waals surface area contributed by atoms with E-state index in [1.54, 1.807) is 0 Å². The van der Waals surface area contributed by atoms with Crippen LogP contribution in [0.15, 0.2) is 16.7 Å². The van der Waals surface area contributed by atoms with Gasteiger partial charge in [-0.1, -0.05) is 36.4 Å². The number of hydrogen-bond acceptors (Lipinski definition) is 6. The number of aryl methyl sites for hydroxylation is 2. The molecule has 0 unspecified atom stereocenters. The van der Waals surface area contributed by atoms with Gasteiger partial charge in [0.1, 0.15) is 10.7 Å². The van der Waals surface area contributed by atoms with Crippen LogP contribution in [0, 0.1) is 13.8 Å². The monoisotopic (exact) mass is 330 g/mol. The van der Waals surface area contributed by atoms with Crippen molar-refractivity contribution in [3.8, 4) is 0 Å². The Hall–Kier alpha value is -2.28. The zero-order valence-corrected chi connectivity index (χ0v) is 14.3. The van der Waals surface area contributed by atoms with Crippen LogP contribution in [-0.4, -0.2) is 21.3 Å². The van der Waals surface area contributed by atoms with E-state index in [2.05, 4.69) is 20.7 Å². The summed E-state index contributed by atoms with van der Waals surface area (Å²) in [7, 11) is 0. The molecule has 3 rings (SSSR count). The smallest absolute Gasteiger partial charge is 0.232 e. The lowest BCUT2D eigenvalue weighted by molar-refractivity contribution is -0.115. The standard InChI is InChI=1S/C16H18N4O2S/c1-8(2)15-18-19-16(23-15)17-13(21)7-12-11-6-9(3)5-10(4)14(11)22-20-12/h5-6,8H,7H2,1-4H3,(H,17,19,21). The summed E-state index contributed by atoms with van der Waals surface area (Å²) in [6.45, 7) is 8.06. The highest BCUT2D eigenvalue weighted by Gasteiger charge is 2.16. The third-order valence-corrected chi connectivity index (χ3v) is 4.63. The van der Waals surface area contributed by atoms with E-state index in [0.29, 0.717) is 16.7 Å². The van der Waals surface area contributed by atoms with Gasteiger partial charge in [0.2, 0.25) is 11.0 Å². The van der Waals surface area contributed by atoms with E-state index in [-0.39, 0.29) is 12.3 Å². The van der Waals surface area contributed by atoms with E-state index in [1.807, 2.05) is 39.8 Å². The second-order valence-electron chi connectivity index (χ2n) is 5.91. The predicted molar refractivity (Wildman–Crippen MR) is 89.8 cm³/mol. The van der Waals surface area contributed by atoms with Crippen LogP contribution in [0.1, 0.15) is 41.6 Å². The van der Waals surface area contributed by atoms with E-state index in [1.165, 1.54) is 11.3 Å². The highest BCUT2D eigenvalue weighted by atomic mass is 32.1. The zero-order chi connectivity index (χ0) is 16.6. The molecule has 1 aromatic carbocycles. The van der Waals surface area contributed by atoms with Crippen LogP contribution in [0.3, 0.4) is 0 Å². The van der Waals surface area contributed by atoms with Crippen molar-refractivity contribution in [3.63, 3.8) is 0 Å². The Labute approximate surface area is 137 Å². The van der Waals surface area contributed by atoms with Gasteiger partial charge in [-0.3, -0.25) is 4.79 Å². The molecule has 23 heavy (non-hydrogen) atoms. The van der Waals surface area contributed by atoms with Crippen molar-refractivity contribution in [3.05, 3.63) is 34.0 Å². The number of nitrogens with one attached hydrogen (secondary N) is 1. The molecule has 3 aromatic rings. The number of aromatic nitrogens is 3. The first-order valence-corrected chi connectivity index (χ1v) is 8.24. The van der Waals surface area contributed by atoms with Gasteiger partial charge in [-0.15, -0.1) is 10.2 Å². The van der Waals surface area contributed by atoms with Crippen molar-refractivity contribution in [2.24, 2.45) is 0 Å². The lowest BCUT2D eigenvalue weighted by Crippen LogP contribution is -2.14. The normalized spacial score (nSPS) is 11.3. The maximum Gasteiger partial charge on any atom is 0.232 e. The third kappa shape index (κ3) is 3.24. The molecular formula is C16H18N4O2S. The summed E-state index contributed by atoms with van der Waals surface area (Å²) in [5.74, 6) is 0.120. The Bertz CT molecular complexity index is 866. The van der Waals surface area contributed by atoms with Gasteiger partial charge in [-0.2, -0.15) is 0 Å². The van der Waals surface area contributed by atoms with E-state index in [0.717, 1.165) is 27.1 Å². The largest absolute Gasteiger partial charge is 0.356 e. The molecule has 0 atom stereocenters. The molecule has 2 heterocycles. The number of rotatable bonds is 4. The molecule has 1 amide bonds. The van der Waals surface area contributed by atoms with E-state index in [9.17, 15) is 4.79 Å². The van der Waals surface area contributed by atoms with Crippen LogP contribution in [0.25, 0.3) is 11.0 Å². The van der Waals surface area contributed by atoms with Crippen LogP contribution < -0.4 is 5.32 Å². The van der Waals surface area contributed by atoms with Crippen molar-refractivity contribution in [2.75, 3.05) is 5.32 Å². The fraction of sp³-hybridized carbons (Fsp3) is 0.375. The molecule has 0 saturated carbocycles. The van der Waals surface area contributed by atoms with Crippen LogP contribution in [0.4, 0.5) is 5.13 Å². The van der Waals surface area contributed by atoms with Gasteiger partial charge >= 0.3 is 0 Å². The zero-order valence-electron chi connectivity index (χ0n) is 13.5. The summed E-state index contributed by atoms with van der Waals surface area (Å²) in [6.07, 6.45) is 0.145. The van der Waals surface area contributed by atoms with Crippen LogP contribution in [-0.2, 0) is 11.2 Å². The molecule has 120 valence electrons. The lowest BCUT2D eigenvalue weighted by Gasteiger charge is -2.00. The first kappa shape index (κ1) is 15.6. The fourth-order valence-electron chi connectivity index (χ4n) is 2.40. The number of carbonyl (C=O) groups excluding carboxylic acids is 1. The molecule has 0 aliphatic heterocycles.